The summed E-state index contributed by atoms with van der Waals surface area (Å²) >= 11 is 0. The average Bonchev–Trinajstić information content (AvgIpc) is 3.61. The van der Waals surface area contributed by atoms with E-state index in [9.17, 15) is 0 Å². The van der Waals surface area contributed by atoms with Gasteiger partial charge in [-0.05, 0) is 77.0 Å². The maximum atomic E-state index is 6.89. The Kier molecular flexibility index (Phi) is 24.7. The largest absolute Gasteiger partial charge is 0.344 e. The lowest BCUT2D eigenvalue weighted by atomic mass is 9.98. The van der Waals surface area contributed by atoms with Gasteiger partial charge in [0.1, 0.15) is 0 Å². The zero-order chi connectivity index (χ0) is 34.6. The van der Waals surface area contributed by atoms with Gasteiger partial charge in [-0.3, -0.25) is 0 Å². The van der Waals surface area contributed by atoms with Gasteiger partial charge in [-0.1, -0.05) is 140 Å². The summed E-state index contributed by atoms with van der Waals surface area (Å²) in [5.41, 5.74) is 0. The first-order valence-corrected chi connectivity index (χ1v) is 21.2. The number of rotatable bonds is 31. The van der Waals surface area contributed by atoms with Crippen LogP contribution in [0.15, 0.2) is 48.6 Å². The lowest BCUT2D eigenvalue weighted by Crippen LogP contribution is -2.45. The van der Waals surface area contributed by atoms with Crippen LogP contribution >= 0.6 is 0 Å². The van der Waals surface area contributed by atoms with Crippen LogP contribution in [0.5, 0.6) is 0 Å². The van der Waals surface area contributed by atoms with E-state index in [1.807, 2.05) is 0 Å². The molecule has 0 aromatic heterocycles. The maximum Gasteiger partial charge on any atom is 0.169 e. The van der Waals surface area contributed by atoms with Gasteiger partial charge in [0.05, 0.1) is 39.4 Å². The molecule has 0 radical (unpaired) electrons. The van der Waals surface area contributed by atoms with Crippen molar-refractivity contribution in [2.24, 2.45) is 0 Å². The fourth-order valence-electron chi connectivity index (χ4n) is 7.52. The summed E-state index contributed by atoms with van der Waals surface area (Å²) in [6.07, 6.45) is 55.1. The number of fused-ring (bicyclic) bond motifs is 1. The highest BCUT2D eigenvalue weighted by Gasteiger charge is 2.53. The molecule has 278 valence electrons. The molecular weight excluding hydrogens is 587 g/mol. The minimum absolute atomic E-state index is 0.307. The van der Waals surface area contributed by atoms with Gasteiger partial charge in [0, 0.05) is 25.7 Å². The van der Waals surface area contributed by atoms with Crippen LogP contribution in [0, 0.1) is 0 Å². The minimum Gasteiger partial charge on any atom is -0.344 e. The van der Waals surface area contributed by atoms with Crippen molar-refractivity contribution in [3.8, 4) is 0 Å². The third-order valence-corrected chi connectivity index (χ3v) is 10.8. The van der Waals surface area contributed by atoms with E-state index in [0.29, 0.717) is 18.2 Å². The van der Waals surface area contributed by atoms with Crippen molar-refractivity contribution in [3.05, 3.63) is 48.6 Å². The Labute approximate surface area is 300 Å². The molecule has 2 rings (SSSR count). The van der Waals surface area contributed by atoms with Crippen LogP contribution in [0.2, 0.25) is 0 Å². The highest BCUT2D eigenvalue weighted by atomic mass is 16.8. The number of allylic oxidation sites excluding steroid dienone is 8. The fourth-order valence-corrected chi connectivity index (χ4v) is 7.52. The Morgan fingerprint density at radius 1 is 0.458 bits per heavy atom. The zero-order valence-corrected chi connectivity index (χ0v) is 32.9. The van der Waals surface area contributed by atoms with Crippen molar-refractivity contribution in [2.75, 3.05) is 21.1 Å². The molecule has 0 bridgehead atoms. The molecule has 0 amide bonds. The molecule has 3 heteroatoms. The lowest BCUT2D eigenvalue weighted by molar-refractivity contribution is -0.895. The normalized spacial score (nSPS) is 21.2. The third-order valence-electron chi connectivity index (χ3n) is 10.8. The first-order valence-electron chi connectivity index (χ1n) is 21.2. The van der Waals surface area contributed by atoms with E-state index in [1.165, 1.54) is 141 Å². The van der Waals surface area contributed by atoms with E-state index in [0.717, 1.165) is 43.0 Å². The maximum absolute atomic E-state index is 6.89. The quantitative estimate of drug-likeness (QED) is 0.0416. The molecule has 1 heterocycles. The van der Waals surface area contributed by atoms with Crippen LogP contribution in [0.3, 0.4) is 0 Å². The summed E-state index contributed by atoms with van der Waals surface area (Å²) in [5, 5.41) is 0. The second-order valence-electron chi connectivity index (χ2n) is 16.1. The Balaban J connectivity index is 1.58. The number of nitrogens with zero attached hydrogens (tertiary/aromatic N) is 1. The van der Waals surface area contributed by atoms with Crippen molar-refractivity contribution in [1.82, 2.24) is 0 Å². The van der Waals surface area contributed by atoms with Crippen LogP contribution in [0.4, 0.5) is 0 Å². The summed E-state index contributed by atoms with van der Waals surface area (Å²) in [6, 6.07) is 0.654. The Morgan fingerprint density at radius 2 is 0.792 bits per heavy atom. The molecule has 0 spiro atoms. The van der Waals surface area contributed by atoms with Crippen molar-refractivity contribution in [1.29, 1.82) is 0 Å². The molecule has 2 aliphatic rings. The van der Waals surface area contributed by atoms with Gasteiger partial charge in [-0.25, -0.2) is 0 Å². The monoisotopic (exact) mass is 669 g/mol. The van der Waals surface area contributed by atoms with Gasteiger partial charge >= 0.3 is 0 Å². The van der Waals surface area contributed by atoms with Gasteiger partial charge in [0.15, 0.2) is 5.79 Å². The molecule has 0 aromatic rings. The number of quaternary nitrogens is 1. The van der Waals surface area contributed by atoms with Crippen molar-refractivity contribution >= 4 is 0 Å². The van der Waals surface area contributed by atoms with Crippen molar-refractivity contribution in [3.63, 3.8) is 0 Å². The molecule has 1 saturated carbocycles. The number of hydrogen-bond acceptors (Lipinski definition) is 2. The molecule has 3 atom stereocenters. The molecule has 0 N–H and O–H groups in total. The van der Waals surface area contributed by atoms with E-state index < -0.39 is 0 Å². The molecule has 1 aliphatic heterocycles. The smallest absolute Gasteiger partial charge is 0.169 e. The van der Waals surface area contributed by atoms with Crippen LogP contribution < -0.4 is 0 Å². The van der Waals surface area contributed by atoms with E-state index in [2.05, 4.69) is 83.6 Å². The minimum atomic E-state index is -0.310. The third kappa shape index (κ3) is 20.5. The van der Waals surface area contributed by atoms with Crippen LogP contribution in [-0.2, 0) is 9.47 Å². The van der Waals surface area contributed by atoms with E-state index >= 15 is 0 Å². The standard InChI is InChI=1S/C45H82NO2/c1-6-8-10-12-14-16-18-20-22-24-26-28-30-32-34-36-38-45(47-43-40-42(46(3,4)5)41-44(43)48-45)39-37-35-33-31-29-27-25-23-21-19-17-15-13-11-9-7-2/h14-17,20-23,42-44H,6-13,18-19,24-41H2,1-5H3/q+1/b16-14-,17-15-,22-20-,23-21-/t42?,43-,44+. The van der Waals surface area contributed by atoms with E-state index in [4.69, 9.17) is 9.47 Å². The van der Waals surface area contributed by atoms with Crippen molar-refractivity contribution in [2.45, 2.75) is 218 Å². The predicted molar refractivity (Wildman–Crippen MR) is 211 cm³/mol. The van der Waals surface area contributed by atoms with Crippen LogP contribution in [0.1, 0.15) is 194 Å². The second kappa shape index (κ2) is 27.5. The summed E-state index contributed by atoms with van der Waals surface area (Å²) in [5.74, 6) is -0.310. The molecule has 1 saturated heterocycles. The van der Waals surface area contributed by atoms with Gasteiger partial charge in [0.2, 0.25) is 0 Å². The summed E-state index contributed by atoms with van der Waals surface area (Å²) in [7, 11) is 6.98. The zero-order valence-electron chi connectivity index (χ0n) is 32.9. The summed E-state index contributed by atoms with van der Waals surface area (Å²) in [6.45, 7) is 4.54. The Bertz CT molecular complexity index is 801. The SMILES string of the molecule is CCCCC/C=C\C/C=C\CCCCCCCCC1(CCCCCCCC/C=C\C/C=C\CCCCC)O[C@H]2CC([N+](C)(C)C)C[C@H]2O1. The van der Waals surface area contributed by atoms with E-state index in [-0.39, 0.29) is 5.79 Å². The summed E-state index contributed by atoms with van der Waals surface area (Å²) in [4.78, 5) is 0. The second-order valence-corrected chi connectivity index (χ2v) is 16.1. The topological polar surface area (TPSA) is 18.5 Å². The lowest BCUT2D eigenvalue weighted by Gasteiger charge is -2.34. The fraction of sp³-hybridized carbons (Fsp3) is 0.822. The molecule has 0 aromatic carbocycles. The predicted octanol–water partition coefficient (Wildman–Crippen LogP) is 13.7. The molecule has 2 fully saturated rings. The van der Waals surface area contributed by atoms with Gasteiger partial charge in [-0.15, -0.1) is 0 Å². The number of hydrogen-bond donors (Lipinski definition) is 0. The first kappa shape index (κ1) is 43.0. The average molecular weight is 669 g/mol. The summed E-state index contributed by atoms with van der Waals surface area (Å²) < 4.78 is 14.8. The van der Waals surface area contributed by atoms with Gasteiger partial charge in [-0.2, -0.15) is 0 Å². The molecule has 3 nitrogen and oxygen atoms in total. The number of ether oxygens (including phenoxy) is 2. The van der Waals surface area contributed by atoms with Gasteiger partial charge < -0.3 is 14.0 Å². The van der Waals surface area contributed by atoms with Crippen LogP contribution in [0.25, 0.3) is 0 Å². The van der Waals surface area contributed by atoms with Crippen molar-refractivity contribution < 1.29 is 14.0 Å². The molecule has 1 unspecified atom stereocenters. The Hall–Kier alpha value is -1.16. The highest BCUT2D eigenvalue weighted by molar-refractivity contribution is 4.95. The Morgan fingerprint density at radius 3 is 1.15 bits per heavy atom. The van der Waals surface area contributed by atoms with Crippen LogP contribution in [-0.4, -0.2) is 49.7 Å². The van der Waals surface area contributed by atoms with Gasteiger partial charge in [0.25, 0.3) is 0 Å². The molecule has 48 heavy (non-hydrogen) atoms. The first-order chi connectivity index (χ1) is 23.4. The molecular formula is C45H82NO2+. The number of unbranched alkanes of at least 4 members (excludes halogenated alkanes) is 18. The van der Waals surface area contributed by atoms with E-state index in [1.54, 1.807) is 0 Å². The highest BCUT2D eigenvalue weighted by Crippen LogP contribution is 2.45. The molecule has 1 aliphatic carbocycles.